The van der Waals surface area contributed by atoms with E-state index in [4.69, 9.17) is 5.73 Å². The summed E-state index contributed by atoms with van der Waals surface area (Å²) in [6.45, 7) is 5.35. The number of nitrogens with two attached hydrogens (primary N) is 1. The summed E-state index contributed by atoms with van der Waals surface area (Å²) in [6.07, 6.45) is 2.98. The van der Waals surface area contributed by atoms with Gasteiger partial charge in [-0.3, -0.25) is 43.8 Å². The average molecular weight is 1060 g/mol. The first-order valence-corrected chi connectivity index (χ1v) is 27.2. The molecule has 0 spiro atoms. The number of carboxylic acids is 2. The first kappa shape index (κ1) is 55.3. The van der Waals surface area contributed by atoms with Crippen molar-refractivity contribution in [3.8, 4) is 0 Å². The molecule has 12 N–H and O–H groups in total. The molecule has 0 saturated carbocycles. The predicted octanol–water partition coefficient (Wildman–Crippen LogP) is 1.26. The Labute approximate surface area is 436 Å². The lowest BCUT2D eigenvalue weighted by molar-refractivity contribution is -0.148. The van der Waals surface area contributed by atoms with Gasteiger partial charge >= 0.3 is 11.9 Å². The standard InChI is InChI=1S/C51H65N11O10S2/c1-28(2)43-49(68)57-39(48(67)60-62-25-33-15-7-5-13-31(33)22-42(62)51(71)72)26-73-74-27-40(59-61-24-32-14-6-4-12-30(32)21-41(61)50(69)70)47(66)54-29(3)44(63)56-38(20-34-23-53-36-17-9-8-16-35(34)36)46(65)55-37(45(64)58-43)18-10-11-19-52/h4-9,12-17,23,28-29,37-43,53,59H,10-11,18-22,24-27,52H2,1-3H3,(H,54,66)(H,55,65)(H,56,63)(H,57,68)(H,58,64)(H,60,67)(H,69,70)(H,71,72)/t29-,37-,38+,39-,40+,41?,42?,43-/m0/s1. The highest BCUT2D eigenvalue weighted by Gasteiger charge is 2.39. The quantitative estimate of drug-likeness (QED) is 0.0664. The highest BCUT2D eigenvalue weighted by atomic mass is 33.1. The second kappa shape index (κ2) is 25.6. The summed E-state index contributed by atoms with van der Waals surface area (Å²) in [5, 5.41) is 38.2. The summed E-state index contributed by atoms with van der Waals surface area (Å²) in [5.74, 6) is -7.31. The highest BCUT2D eigenvalue weighted by molar-refractivity contribution is 8.76. The van der Waals surface area contributed by atoms with Crippen LogP contribution in [-0.4, -0.2) is 139 Å². The van der Waals surface area contributed by atoms with Crippen molar-refractivity contribution in [3.05, 3.63) is 107 Å². The van der Waals surface area contributed by atoms with Gasteiger partial charge in [-0.2, -0.15) is 0 Å². The molecule has 74 heavy (non-hydrogen) atoms. The van der Waals surface area contributed by atoms with Crippen LogP contribution < -0.4 is 43.2 Å². The smallest absolute Gasteiger partial charge is 0.323 e. The zero-order valence-corrected chi connectivity index (χ0v) is 43.1. The fourth-order valence-corrected chi connectivity index (χ4v) is 11.6. The molecule has 3 aliphatic rings. The summed E-state index contributed by atoms with van der Waals surface area (Å²) in [7, 11) is 2.24. The van der Waals surface area contributed by atoms with Crippen LogP contribution >= 0.6 is 21.6 Å². The number of rotatable bonds is 13. The van der Waals surface area contributed by atoms with Gasteiger partial charge in [-0.25, -0.2) is 15.4 Å². The molecule has 8 atom stereocenters. The zero-order valence-electron chi connectivity index (χ0n) is 41.4. The number of aromatic amines is 1. The number of hydrogen-bond acceptors (Lipinski definition) is 14. The number of aromatic nitrogens is 1. The van der Waals surface area contributed by atoms with Gasteiger partial charge in [-0.05, 0) is 72.5 Å². The Hall–Kier alpha value is -6.50. The maximum absolute atomic E-state index is 14.5. The fourth-order valence-electron chi connectivity index (χ4n) is 9.24. The number of aliphatic carboxylic acids is 2. The van der Waals surface area contributed by atoms with Crippen LogP contribution in [0.15, 0.2) is 79.0 Å². The van der Waals surface area contributed by atoms with Gasteiger partial charge in [0.1, 0.15) is 48.3 Å². The molecule has 0 radical (unpaired) electrons. The summed E-state index contributed by atoms with van der Waals surface area (Å²) in [5.41, 5.74) is 16.5. The second-order valence-electron chi connectivity index (χ2n) is 19.1. The molecule has 0 aliphatic carbocycles. The summed E-state index contributed by atoms with van der Waals surface area (Å²) >= 11 is 0. The number of benzene rings is 3. The summed E-state index contributed by atoms with van der Waals surface area (Å²) in [6, 6.07) is 12.4. The molecule has 1 fully saturated rings. The Balaban J connectivity index is 1.21. The number of para-hydroxylation sites is 1. The van der Waals surface area contributed by atoms with E-state index in [0.717, 1.165) is 54.7 Å². The SMILES string of the molecule is CC(C)[C@@H]1NC(=O)[C@H](CCCCN)NC(=O)[C@@H](Cc2c[nH]c3ccccc23)NC(=O)[C@H](C)NC(=O)[C@H](NN2Cc3ccccc3CC2C(=O)O)CSSC[C@@H](C(=O)NN2Cc3ccccc3CC2C(=O)O)NC1=O. The Morgan fingerprint density at radius 2 is 1.27 bits per heavy atom. The molecular formula is C51H65N11O10S2. The molecule has 1 saturated heterocycles. The van der Waals surface area contributed by atoms with E-state index in [1.165, 1.54) is 16.9 Å². The zero-order chi connectivity index (χ0) is 53.1. The van der Waals surface area contributed by atoms with Crippen molar-refractivity contribution in [1.82, 2.24) is 52.4 Å². The van der Waals surface area contributed by atoms with Crippen molar-refractivity contribution in [2.45, 2.75) is 121 Å². The third-order valence-electron chi connectivity index (χ3n) is 13.5. The molecule has 7 rings (SSSR count). The van der Waals surface area contributed by atoms with Gasteiger partial charge in [0.2, 0.25) is 29.5 Å². The number of H-pyrrole nitrogens is 1. The van der Waals surface area contributed by atoms with E-state index in [-0.39, 0.29) is 50.3 Å². The number of nitrogens with one attached hydrogen (secondary N) is 8. The van der Waals surface area contributed by atoms with Gasteiger partial charge in [0, 0.05) is 61.0 Å². The number of amides is 6. The van der Waals surface area contributed by atoms with Crippen LogP contribution in [0.4, 0.5) is 0 Å². The molecule has 2 unspecified atom stereocenters. The third kappa shape index (κ3) is 14.0. The number of carboxylic acid groups (broad SMARTS) is 2. The van der Waals surface area contributed by atoms with Crippen molar-refractivity contribution < 1.29 is 48.6 Å². The Bertz CT molecular complexity index is 2710. The summed E-state index contributed by atoms with van der Waals surface area (Å²) in [4.78, 5) is 115. The van der Waals surface area contributed by atoms with Crippen LogP contribution in [0.5, 0.6) is 0 Å². The number of unbranched alkanes of at least 4 members (excludes halogenated alkanes) is 1. The monoisotopic (exact) mass is 1060 g/mol. The molecule has 3 aliphatic heterocycles. The van der Waals surface area contributed by atoms with E-state index in [1.54, 1.807) is 20.0 Å². The molecule has 23 heteroatoms. The van der Waals surface area contributed by atoms with Crippen molar-refractivity contribution in [2.75, 3.05) is 18.1 Å². The van der Waals surface area contributed by atoms with Crippen molar-refractivity contribution in [3.63, 3.8) is 0 Å². The molecule has 4 aromatic rings. The van der Waals surface area contributed by atoms with Crippen LogP contribution in [0, 0.1) is 5.92 Å². The largest absolute Gasteiger partial charge is 0.480 e. The van der Waals surface area contributed by atoms with Gasteiger partial charge in [0.25, 0.3) is 5.91 Å². The van der Waals surface area contributed by atoms with Gasteiger partial charge in [-0.15, -0.1) is 0 Å². The third-order valence-corrected chi connectivity index (χ3v) is 15.9. The Morgan fingerprint density at radius 3 is 1.92 bits per heavy atom. The van der Waals surface area contributed by atoms with Crippen LogP contribution in [0.1, 0.15) is 67.9 Å². The van der Waals surface area contributed by atoms with Gasteiger partial charge in [0.15, 0.2) is 0 Å². The van der Waals surface area contributed by atoms with Crippen LogP contribution in [0.3, 0.4) is 0 Å². The molecule has 3 aromatic carbocycles. The lowest BCUT2D eigenvalue weighted by atomic mass is 9.95. The minimum Gasteiger partial charge on any atom is -0.480 e. The summed E-state index contributed by atoms with van der Waals surface area (Å²) < 4.78 is 0. The number of carbonyl (C=O) groups excluding carboxylic acids is 6. The number of hydrazine groups is 2. The maximum atomic E-state index is 14.5. The van der Waals surface area contributed by atoms with E-state index < -0.39 is 102 Å². The second-order valence-corrected chi connectivity index (χ2v) is 21.7. The lowest BCUT2D eigenvalue weighted by Gasteiger charge is -2.37. The highest BCUT2D eigenvalue weighted by Crippen LogP contribution is 2.28. The number of carbonyl (C=O) groups is 8. The lowest BCUT2D eigenvalue weighted by Crippen LogP contribution is -2.62. The number of nitrogens with zero attached hydrogens (tertiary/aromatic N) is 2. The molecule has 1 aromatic heterocycles. The fraction of sp³-hybridized carbons (Fsp3) is 0.451. The van der Waals surface area contributed by atoms with E-state index in [1.807, 2.05) is 72.8 Å². The topological polar surface area (TPSA) is 310 Å². The minimum atomic E-state index is -1.33. The van der Waals surface area contributed by atoms with Crippen molar-refractivity contribution in [2.24, 2.45) is 11.7 Å². The molecule has 0 bridgehead atoms. The van der Waals surface area contributed by atoms with E-state index in [2.05, 4.69) is 42.4 Å². The van der Waals surface area contributed by atoms with Crippen LogP contribution in [0.2, 0.25) is 0 Å². The average Bonchev–Trinajstić information content (AvgIpc) is 3.79. The normalized spacial score (nSPS) is 25.1. The first-order valence-electron chi connectivity index (χ1n) is 24.7. The van der Waals surface area contributed by atoms with E-state index >= 15 is 0 Å². The molecule has 4 heterocycles. The molecule has 396 valence electrons. The molecule has 6 amide bonds. The predicted molar refractivity (Wildman–Crippen MR) is 279 cm³/mol. The number of hydrogen-bond donors (Lipinski definition) is 11. The number of fused-ring (bicyclic) bond motifs is 3. The Morgan fingerprint density at radius 1 is 0.689 bits per heavy atom. The van der Waals surface area contributed by atoms with Crippen LogP contribution in [0.25, 0.3) is 10.9 Å². The van der Waals surface area contributed by atoms with Gasteiger partial charge in [0.05, 0.1) is 0 Å². The maximum Gasteiger partial charge on any atom is 0.323 e. The van der Waals surface area contributed by atoms with Crippen molar-refractivity contribution in [1.29, 1.82) is 0 Å². The van der Waals surface area contributed by atoms with Crippen LogP contribution in [-0.2, 0) is 70.7 Å². The van der Waals surface area contributed by atoms with Gasteiger partial charge in [-0.1, -0.05) is 102 Å². The molecule has 21 nitrogen and oxygen atoms in total. The molecular weight excluding hydrogens is 991 g/mol. The van der Waals surface area contributed by atoms with Crippen molar-refractivity contribution >= 4 is 79.9 Å². The first-order chi connectivity index (χ1) is 35.5. The Kier molecular flexibility index (Phi) is 19.1. The minimum absolute atomic E-state index is 0.0257. The van der Waals surface area contributed by atoms with Gasteiger partial charge < -0.3 is 47.5 Å². The van der Waals surface area contributed by atoms with E-state index in [0.29, 0.717) is 24.9 Å². The van der Waals surface area contributed by atoms with E-state index in [9.17, 15) is 48.6 Å².